The van der Waals surface area contributed by atoms with E-state index in [2.05, 4.69) is 23.9 Å². The van der Waals surface area contributed by atoms with Crippen molar-refractivity contribution in [2.24, 2.45) is 5.92 Å². The maximum absolute atomic E-state index is 9.22. The quantitative estimate of drug-likeness (QED) is 0.842. The second-order valence-electron chi connectivity index (χ2n) is 4.51. The van der Waals surface area contributed by atoms with Crippen LogP contribution in [0.2, 0.25) is 0 Å². The van der Waals surface area contributed by atoms with Gasteiger partial charge in [-0.05, 0) is 31.6 Å². The summed E-state index contributed by atoms with van der Waals surface area (Å²) in [6.45, 7) is 2.32. The van der Waals surface area contributed by atoms with Gasteiger partial charge in [0.25, 0.3) is 0 Å². The molecule has 0 amide bonds. The molecule has 1 saturated carbocycles. The van der Waals surface area contributed by atoms with Gasteiger partial charge in [-0.1, -0.05) is 6.92 Å². The van der Waals surface area contributed by atoms with Crippen molar-refractivity contribution in [2.75, 3.05) is 11.9 Å². The zero-order valence-corrected chi connectivity index (χ0v) is 10.1. The van der Waals surface area contributed by atoms with Crippen LogP contribution >= 0.6 is 11.3 Å². The highest BCUT2D eigenvalue weighted by Crippen LogP contribution is 2.31. The summed E-state index contributed by atoms with van der Waals surface area (Å²) in [5.74, 6) is 1.02. The topological polar surface area (TPSA) is 36.4 Å². The van der Waals surface area contributed by atoms with E-state index in [1.807, 2.05) is 0 Å². The first-order chi connectivity index (χ1) is 7.16. The van der Waals surface area contributed by atoms with Gasteiger partial charge in [0.1, 0.15) is 0 Å². The number of rotatable bonds is 2. The summed E-state index contributed by atoms with van der Waals surface area (Å²) in [6, 6.07) is 0.603. The predicted molar refractivity (Wildman–Crippen MR) is 63.6 cm³/mol. The van der Waals surface area contributed by atoms with E-state index in [-0.39, 0.29) is 5.88 Å². The maximum Gasteiger partial charge on any atom is 0.223 e. The lowest BCUT2D eigenvalue weighted by atomic mass is 9.87. The molecule has 0 atom stereocenters. The standard InChI is InChI=1S/C11H18N2OS/c1-8-3-5-9(6-4-8)13(2)11-12-10(14)7-15-11/h7-9,14H,3-6H2,1-2H3. The van der Waals surface area contributed by atoms with Crippen LogP contribution in [0, 0.1) is 5.92 Å². The first-order valence-electron chi connectivity index (χ1n) is 5.54. The van der Waals surface area contributed by atoms with Crippen LogP contribution in [0.5, 0.6) is 5.88 Å². The Bertz CT molecular complexity index is 318. The fraction of sp³-hybridized carbons (Fsp3) is 0.727. The molecule has 4 heteroatoms. The van der Waals surface area contributed by atoms with Gasteiger partial charge < -0.3 is 10.0 Å². The number of anilines is 1. The summed E-state index contributed by atoms with van der Waals surface area (Å²) in [7, 11) is 2.08. The number of thiazole rings is 1. The van der Waals surface area contributed by atoms with E-state index in [4.69, 9.17) is 0 Å². The molecule has 2 rings (SSSR count). The molecule has 0 unspecified atom stereocenters. The molecule has 1 fully saturated rings. The van der Waals surface area contributed by atoms with Crippen LogP contribution in [-0.2, 0) is 0 Å². The van der Waals surface area contributed by atoms with Crippen LogP contribution < -0.4 is 4.90 Å². The van der Waals surface area contributed by atoms with Crippen molar-refractivity contribution in [1.82, 2.24) is 4.98 Å². The minimum atomic E-state index is 0.144. The third-order valence-corrected chi connectivity index (χ3v) is 4.23. The van der Waals surface area contributed by atoms with Crippen molar-refractivity contribution >= 4 is 16.5 Å². The summed E-state index contributed by atoms with van der Waals surface area (Å²) in [6.07, 6.45) is 5.12. The van der Waals surface area contributed by atoms with Crippen molar-refractivity contribution in [3.8, 4) is 5.88 Å². The molecule has 1 aliphatic carbocycles. The van der Waals surface area contributed by atoms with E-state index in [1.54, 1.807) is 5.38 Å². The number of nitrogens with zero attached hydrogens (tertiary/aromatic N) is 2. The molecule has 0 saturated heterocycles. The van der Waals surface area contributed by atoms with E-state index in [9.17, 15) is 5.11 Å². The smallest absolute Gasteiger partial charge is 0.223 e. The van der Waals surface area contributed by atoms with Gasteiger partial charge >= 0.3 is 0 Å². The van der Waals surface area contributed by atoms with Gasteiger partial charge in [0.05, 0.1) is 5.38 Å². The highest BCUT2D eigenvalue weighted by Gasteiger charge is 2.23. The molecule has 0 aromatic carbocycles. The van der Waals surface area contributed by atoms with Gasteiger partial charge in [0.2, 0.25) is 5.88 Å². The van der Waals surface area contributed by atoms with Crippen molar-refractivity contribution in [1.29, 1.82) is 0 Å². The summed E-state index contributed by atoms with van der Waals surface area (Å²) in [5.41, 5.74) is 0. The fourth-order valence-corrected chi connectivity index (χ4v) is 2.93. The molecular formula is C11H18N2OS. The lowest BCUT2D eigenvalue weighted by Crippen LogP contribution is -2.34. The Morgan fingerprint density at radius 2 is 2.07 bits per heavy atom. The van der Waals surface area contributed by atoms with E-state index in [0.717, 1.165) is 11.0 Å². The Morgan fingerprint density at radius 1 is 1.40 bits per heavy atom. The van der Waals surface area contributed by atoms with Crippen molar-refractivity contribution in [3.63, 3.8) is 0 Å². The SMILES string of the molecule is CC1CCC(N(C)c2nc(O)cs2)CC1. The monoisotopic (exact) mass is 226 g/mol. The number of aromatic nitrogens is 1. The maximum atomic E-state index is 9.22. The van der Waals surface area contributed by atoms with E-state index in [1.165, 1.54) is 37.0 Å². The summed E-state index contributed by atoms with van der Waals surface area (Å²) >= 11 is 1.52. The van der Waals surface area contributed by atoms with Crippen LogP contribution in [0.4, 0.5) is 5.13 Å². The van der Waals surface area contributed by atoms with Gasteiger partial charge in [-0.2, -0.15) is 4.98 Å². The third kappa shape index (κ3) is 2.43. The average Bonchev–Trinajstić information content (AvgIpc) is 2.65. The fourth-order valence-electron chi connectivity index (χ4n) is 2.20. The largest absolute Gasteiger partial charge is 0.493 e. The lowest BCUT2D eigenvalue weighted by Gasteiger charge is -2.33. The molecule has 1 aromatic rings. The van der Waals surface area contributed by atoms with Crippen LogP contribution in [0.15, 0.2) is 5.38 Å². The lowest BCUT2D eigenvalue weighted by molar-refractivity contribution is 0.340. The van der Waals surface area contributed by atoms with Crippen molar-refractivity contribution in [2.45, 2.75) is 38.6 Å². The molecular weight excluding hydrogens is 208 g/mol. The van der Waals surface area contributed by atoms with Gasteiger partial charge in [0.15, 0.2) is 5.13 Å². The Hall–Kier alpha value is -0.770. The van der Waals surface area contributed by atoms with Crippen molar-refractivity contribution in [3.05, 3.63) is 5.38 Å². The zero-order valence-electron chi connectivity index (χ0n) is 9.31. The third-order valence-electron chi connectivity index (χ3n) is 3.31. The molecule has 3 nitrogen and oxygen atoms in total. The predicted octanol–water partition coefficient (Wildman–Crippen LogP) is 2.86. The van der Waals surface area contributed by atoms with Crippen LogP contribution in [0.25, 0.3) is 0 Å². The van der Waals surface area contributed by atoms with Crippen LogP contribution in [0.1, 0.15) is 32.6 Å². The van der Waals surface area contributed by atoms with Gasteiger partial charge in [-0.25, -0.2) is 0 Å². The summed E-state index contributed by atoms with van der Waals surface area (Å²) in [5, 5.41) is 11.8. The van der Waals surface area contributed by atoms with E-state index < -0.39 is 0 Å². The van der Waals surface area contributed by atoms with Crippen LogP contribution in [0.3, 0.4) is 0 Å². The first kappa shape index (κ1) is 10.7. The molecule has 1 N–H and O–H groups in total. The molecule has 15 heavy (non-hydrogen) atoms. The second kappa shape index (κ2) is 4.39. The Morgan fingerprint density at radius 3 is 2.60 bits per heavy atom. The summed E-state index contributed by atoms with van der Waals surface area (Å²) < 4.78 is 0. The molecule has 0 spiro atoms. The number of aromatic hydroxyl groups is 1. The van der Waals surface area contributed by atoms with E-state index >= 15 is 0 Å². The Balaban J connectivity index is 1.99. The summed E-state index contributed by atoms with van der Waals surface area (Å²) in [4.78, 5) is 6.32. The first-order valence-corrected chi connectivity index (χ1v) is 6.42. The number of hydrogen-bond acceptors (Lipinski definition) is 4. The molecule has 0 bridgehead atoms. The Labute approximate surface area is 94.8 Å². The molecule has 1 aromatic heterocycles. The number of hydrogen-bond donors (Lipinski definition) is 1. The average molecular weight is 226 g/mol. The van der Waals surface area contributed by atoms with Gasteiger partial charge in [-0.15, -0.1) is 11.3 Å². The van der Waals surface area contributed by atoms with Crippen molar-refractivity contribution < 1.29 is 5.11 Å². The van der Waals surface area contributed by atoms with E-state index in [0.29, 0.717) is 6.04 Å². The molecule has 0 radical (unpaired) electrons. The second-order valence-corrected chi connectivity index (χ2v) is 5.35. The normalized spacial score (nSPS) is 26.5. The minimum absolute atomic E-state index is 0.144. The van der Waals surface area contributed by atoms with Gasteiger partial charge in [0, 0.05) is 13.1 Å². The van der Waals surface area contributed by atoms with Crippen LogP contribution in [-0.4, -0.2) is 23.2 Å². The minimum Gasteiger partial charge on any atom is -0.493 e. The molecule has 1 heterocycles. The molecule has 0 aliphatic heterocycles. The Kier molecular flexibility index (Phi) is 3.14. The zero-order chi connectivity index (χ0) is 10.8. The molecule has 84 valence electrons. The highest BCUT2D eigenvalue weighted by molar-refractivity contribution is 7.13. The van der Waals surface area contributed by atoms with Gasteiger partial charge in [-0.3, -0.25) is 0 Å². The molecule has 1 aliphatic rings. The highest BCUT2D eigenvalue weighted by atomic mass is 32.1.